The Hall–Kier alpha value is -3.42. The lowest BCUT2D eigenvalue weighted by atomic mass is 9.96. The van der Waals surface area contributed by atoms with Gasteiger partial charge >= 0.3 is 6.03 Å². The first-order valence-corrected chi connectivity index (χ1v) is 8.67. The van der Waals surface area contributed by atoms with Crippen molar-refractivity contribution in [3.63, 3.8) is 0 Å². The topological polar surface area (TPSA) is 97.4 Å². The van der Waals surface area contributed by atoms with E-state index in [9.17, 15) is 9.59 Å². The Morgan fingerprint density at radius 2 is 1.96 bits per heavy atom. The van der Waals surface area contributed by atoms with Crippen LogP contribution in [0.25, 0.3) is 11.0 Å². The lowest BCUT2D eigenvalue weighted by Crippen LogP contribution is -2.42. The minimum atomic E-state index is -0.252. The summed E-state index contributed by atoms with van der Waals surface area (Å²) in [5, 5.41) is 0. The zero-order valence-corrected chi connectivity index (χ0v) is 15.2. The molecule has 0 saturated heterocycles. The molecule has 0 radical (unpaired) electrons. The number of fused-ring (bicyclic) bond motifs is 2. The highest BCUT2D eigenvalue weighted by atomic mass is 16.2. The lowest BCUT2D eigenvalue weighted by molar-refractivity contribution is 0.0965. The number of nitrogen functional groups attached to an aromatic ring is 1. The Balaban J connectivity index is 1.74. The van der Waals surface area contributed by atoms with Crippen LogP contribution in [-0.4, -0.2) is 56.9 Å². The molecule has 0 bridgehead atoms. The Labute approximate surface area is 156 Å². The summed E-state index contributed by atoms with van der Waals surface area (Å²) in [6.07, 6.45) is 3.88. The van der Waals surface area contributed by atoms with Gasteiger partial charge in [-0.05, 0) is 29.7 Å². The van der Waals surface area contributed by atoms with Gasteiger partial charge in [0.15, 0.2) is 0 Å². The molecule has 3 aromatic rings. The molecule has 27 heavy (non-hydrogen) atoms. The zero-order valence-electron chi connectivity index (χ0n) is 15.2. The van der Waals surface area contributed by atoms with Gasteiger partial charge in [-0.25, -0.2) is 14.3 Å². The molecule has 0 fully saturated rings. The van der Waals surface area contributed by atoms with E-state index in [0.29, 0.717) is 36.1 Å². The van der Waals surface area contributed by atoms with Gasteiger partial charge in [0, 0.05) is 39.6 Å². The number of nitrogens with two attached hydrogens (primary N) is 1. The number of imidazole rings is 1. The van der Waals surface area contributed by atoms with E-state index in [-0.39, 0.29) is 17.9 Å². The molecular weight excluding hydrogens is 344 g/mol. The lowest BCUT2D eigenvalue weighted by Gasteiger charge is -2.31. The molecule has 0 aliphatic carbocycles. The van der Waals surface area contributed by atoms with Gasteiger partial charge in [0.05, 0.1) is 16.6 Å². The molecule has 2 N–H and O–H groups in total. The maximum atomic E-state index is 13.3. The molecule has 2 aromatic heterocycles. The predicted molar refractivity (Wildman–Crippen MR) is 101 cm³/mol. The number of hydrogen-bond donors (Lipinski definition) is 1. The molecule has 1 aliphatic rings. The molecule has 0 spiro atoms. The van der Waals surface area contributed by atoms with Crippen LogP contribution in [0.5, 0.6) is 0 Å². The summed E-state index contributed by atoms with van der Waals surface area (Å²) in [4.78, 5) is 37.3. The standard InChI is InChI=1S/C19H20N6O2/c1-23(2)19(27)24-8-7-13-12(11-24)9-21-10-14(13)17(26)25-16-6-4-3-5-15(16)22-18(25)20/h3-6,9-10H,7-8,11H2,1-2H3,(H2,20,22). The molecule has 8 nitrogen and oxygen atoms in total. The first-order chi connectivity index (χ1) is 13.0. The largest absolute Gasteiger partial charge is 0.369 e. The maximum absolute atomic E-state index is 13.3. The summed E-state index contributed by atoms with van der Waals surface area (Å²) in [5.41, 5.74) is 9.64. The number of anilines is 1. The van der Waals surface area contributed by atoms with Gasteiger partial charge in [-0.1, -0.05) is 12.1 Å². The SMILES string of the molecule is CN(C)C(=O)N1CCc2c(cncc2C(=O)n2c(N)nc3ccccc32)C1. The molecule has 4 rings (SSSR count). The van der Waals surface area contributed by atoms with Crippen LogP contribution in [0.3, 0.4) is 0 Å². The Kier molecular flexibility index (Phi) is 4.02. The number of rotatable bonds is 1. The highest BCUT2D eigenvalue weighted by molar-refractivity contribution is 6.04. The minimum absolute atomic E-state index is 0.0535. The summed E-state index contributed by atoms with van der Waals surface area (Å²) in [6.45, 7) is 0.981. The third-order valence-corrected chi connectivity index (χ3v) is 4.81. The molecule has 1 aromatic carbocycles. The predicted octanol–water partition coefficient (Wildman–Crippen LogP) is 1.74. The summed E-state index contributed by atoms with van der Waals surface area (Å²) in [6, 6.07) is 7.28. The van der Waals surface area contributed by atoms with Crippen molar-refractivity contribution in [2.75, 3.05) is 26.4 Å². The first kappa shape index (κ1) is 17.0. The fraction of sp³-hybridized carbons (Fsp3) is 0.263. The molecule has 0 unspecified atom stereocenters. The number of amides is 2. The van der Waals surface area contributed by atoms with E-state index in [0.717, 1.165) is 11.1 Å². The third kappa shape index (κ3) is 2.79. The van der Waals surface area contributed by atoms with E-state index in [1.54, 1.807) is 36.3 Å². The quantitative estimate of drug-likeness (QED) is 0.709. The van der Waals surface area contributed by atoms with Gasteiger partial charge in [-0.2, -0.15) is 0 Å². The van der Waals surface area contributed by atoms with Crippen molar-refractivity contribution >= 4 is 28.9 Å². The highest BCUT2D eigenvalue weighted by Crippen LogP contribution is 2.25. The molecule has 8 heteroatoms. The molecule has 0 atom stereocenters. The second-order valence-corrected chi connectivity index (χ2v) is 6.77. The van der Waals surface area contributed by atoms with Crippen molar-refractivity contribution in [2.24, 2.45) is 0 Å². The van der Waals surface area contributed by atoms with Crippen LogP contribution >= 0.6 is 0 Å². The van der Waals surface area contributed by atoms with Gasteiger partial charge in [0.25, 0.3) is 5.91 Å². The number of carbonyl (C=O) groups excluding carboxylic acids is 2. The van der Waals surface area contributed by atoms with E-state index in [1.807, 2.05) is 24.3 Å². The Morgan fingerprint density at radius 3 is 2.74 bits per heavy atom. The maximum Gasteiger partial charge on any atom is 0.319 e. The summed E-state index contributed by atoms with van der Waals surface area (Å²) >= 11 is 0. The van der Waals surface area contributed by atoms with Gasteiger partial charge in [0.1, 0.15) is 0 Å². The second kappa shape index (κ2) is 6.39. The van der Waals surface area contributed by atoms with Crippen molar-refractivity contribution in [3.8, 4) is 0 Å². The van der Waals surface area contributed by atoms with Gasteiger partial charge in [0.2, 0.25) is 5.95 Å². The van der Waals surface area contributed by atoms with Crippen molar-refractivity contribution in [3.05, 3.63) is 53.3 Å². The number of carbonyl (C=O) groups is 2. The Morgan fingerprint density at radius 1 is 1.19 bits per heavy atom. The molecule has 1 aliphatic heterocycles. The van der Waals surface area contributed by atoms with E-state index in [2.05, 4.69) is 9.97 Å². The number of pyridine rings is 1. The van der Waals surface area contributed by atoms with Crippen LogP contribution in [-0.2, 0) is 13.0 Å². The zero-order chi connectivity index (χ0) is 19.1. The van der Waals surface area contributed by atoms with Crippen molar-refractivity contribution < 1.29 is 9.59 Å². The van der Waals surface area contributed by atoms with E-state index >= 15 is 0 Å². The average Bonchev–Trinajstić information content (AvgIpc) is 3.01. The van der Waals surface area contributed by atoms with Gasteiger partial charge in [-0.3, -0.25) is 9.78 Å². The summed E-state index contributed by atoms with van der Waals surface area (Å²) in [7, 11) is 3.45. The number of aromatic nitrogens is 3. The first-order valence-electron chi connectivity index (χ1n) is 8.67. The number of urea groups is 1. The third-order valence-electron chi connectivity index (χ3n) is 4.81. The van der Waals surface area contributed by atoms with Crippen LogP contribution in [0, 0.1) is 0 Å². The molecule has 2 amide bonds. The average molecular weight is 364 g/mol. The number of hydrogen-bond acceptors (Lipinski definition) is 5. The fourth-order valence-corrected chi connectivity index (χ4v) is 3.50. The van der Waals surface area contributed by atoms with Crippen molar-refractivity contribution in [1.82, 2.24) is 24.3 Å². The second-order valence-electron chi connectivity index (χ2n) is 6.77. The molecule has 138 valence electrons. The normalized spacial score (nSPS) is 13.5. The van der Waals surface area contributed by atoms with Crippen LogP contribution < -0.4 is 5.73 Å². The number of para-hydroxylation sites is 2. The van der Waals surface area contributed by atoms with Crippen LogP contribution in [0.4, 0.5) is 10.7 Å². The van der Waals surface area contributed by atoms with Crippen LogP contribution in [0.15, 0.2) is 36.7 Å². The van der Waals surface area contributed by atoms with Crippen molar-refractivity contribution in [2.45, 2.75) is 13.0 Å². The summed E-state index contributed by atoms with van der Waals surface area (Å²) in [5.74, 6) is -0.100. The highest BCUT2D eigenvalue weighted by Gasteiger charge is 2.27. The smallest absolute Gasteiger partial charge is 0.319 e. The van der Waals surface area contributed by atoms with Gasteiger partial charge in [-0.15, -0.1) is 0 Å². The molecular formula is C19H20N6O2. The van der Waals surface area contributed by atoms with Crippen molar-refractivity contribution in [1.29, 1.82) is 0 Å². The Bertz CT molecular complexity index is 1060. The van der Waals surface area contributed by atoms with E-state index < -0.39 is 0 Å². The number of nitrogens with zero attached hydrogens (tertiary/aromatic N) is 5. The van der Waals surface area contributed by atoms with Gasteiger partial charge < -0.3 is 15.5 Å². The molecule has 0 saturated carbocycles. The fourth-order valence-electron chi connectivity index (χ4n) is 3.50. The molecule has 3 heterocycles. The van der Waals surface area contributed by atoms with Crippen LogP contribution in [0.1, 0.15) is 21.5 Å². The van der Waals surface area contributed by atoms with E-state index in [1.165, 1.54) is 4.57 Å². The summed E-state index contributed by atoms with van der Waals surface area (Å²) < 4.78 is 1.42. The monoisotopic (exact) mass is 364 g/mol. The minimum Gasteiger partial charge on any atom is -0.369 e. The number of benzene rings is 1. The van der Waals surface area contributed by atoms with Crippen LogP contribution in [0.2, 0.25) is 0 Å². The van der Waals surface area contributed by atoms with E-state index in [4.69, 9.17) is 5.73 Å².